The first-order valence-electron chi connectivity index (χ1n) is 5.14. The number of hydrogen-bond donors (Lipinski definition) is 0. The van der Waals surface area contributed by atoms with Gasteiger partial charge in [0.1, 0.15) is 5.75 Å². The van der Waals surface area contributed by atoms with Crippen LogP contribution in [0.5, 0.6) is 5.75 Å². The molecular formula is C12H15F2NO2. The second-order valence-corrected chi connectivity index (χ2v) is 3.68. The van der Waals surface area contributed by atoms with Gasteiger partial charge in [0, 0.05) is 7.05 Å². The molecule has 17 heavy (non-hydrogen) atoms. The Balaban J connectivity index is 3.18. The molecule has 0 saturated heterocycles. The lowest BCUT2D eigenvalue weighted by atomic mass is 10.1. The van der Waals surface area contributed by atoms with Gasteiger partial charge in [-0.2, -0.15) is 0 Å². The third kappa shape index (κ3) is 3.15. The maximum Gasteiger partial charge on any atom is 0.255 e. The first kappa shape index (κ1) is 13.4. The number of nitrogens with zero attached hydrogens (tertiary/aromatic N) is 1. The SMILES string of the molecule is COc1cccc(N(C)CC(F)F)c1C(C)=O. The van der Waals surface area contributed by atoms with Crippen LogP contribution in [0, 0.1) is 0 Å². The average molecular weight is 243 g/mol. The molecule has 0 fully saturated rings. The summed E-state index contributed by atoms with van der Waals surface area (Å²) in [5.74, 6) is 0.190. The number of alkyl halides is 2. The first-order valence-corrected chi connectivity index (χ1v) is 5.14. The maximum atomic E-state index is 12.3. The summed E-state index contributed by atoms with van der Waals surface area (Å²) < 4.78 is 29.7. The highest BCUT2D eigenvalue weighted by molar-refractivity contribution is 6.02. The van der Waals surface area contributed by atoms with Crippen LogP contribution in [0.1, 0.15) is 17.3 Å². The van der Waals surface area contributed by atoms with Crippen LogP contribution in [0.2, 0.25) is 0 Å². The van der Waals surface area contributed by atoms with Gasteiger partial charge in [-0.25, -0.2) is 8.78 Å². The average Bonchev–Trinajstić information content (AvgIpc) is 2.26. The fourth-order valence-electron chi connectivity index (χ4n) is 1.67. The lowest BCUT2D eigenvalue weighted by Gasteiger charge is -2.22. The maximum absolute atomic E-state index is 12.3. The van der Waals surface area contributed by atoms with Gasteiger partial charge in [-0.1, -0.05) is 6.07 Å². The van der Waals surface area contributed by atoms with Crippen LogP contribution < -0.4 is 9.64 Å². The van der Waals surface area contributed by atoms with Crippen molar-refractivity contribution in [3.05, 3.63) is 23.8 Å². The van der Waals surface area contributed by atoms with Gasteiger partial charge in [-0.15, -0.1) is 0 Å². The lowest BCUT2D eigenvalue weighted by molar-refractivity contribution is 0.101. The third-order valence-electron chi connectivity index (χ3n) is 2.40. The molecule has 3 nitrogen and oxygen atoms in total. The summed E-state index contributed by atoms with van der Waals surface area (Å²) in [7, 11) is 2.96. The van der Waals surface area contributed by atoms with Crippen LogP contribution in [0.25, 0.3) is 0 Å². The summed E-state index contributed by atoms with van der Waals surface area (Å²) in [6, 6.07) is 4.93. The van der Waals surface area contributed by atoms with Crippen molar-refractivity contribution in [2.45, 2.75) is 13.3 Å². The lowest BCUT2D eigenvalue weighted by Crippen LogP contribution is -2.25. The van der Waals surface area contributed by atoms with E-state index in [9.17, 15) is 13.6 Å². The molecular weight excluding hydrogens is 228 g/mol. The van der Waals surface area contributed by atoms with E-state index in [1.807, 2.05) is 0 Å². The van der Waals surface area contributed by atoms with Crippen LogP contribution >= 0.6 is 0 Å². The Morgan fingerprint density at radius 3 is 2.59 bits per heavy atom. The summed E-state index contributed by atoms with van der Waals surface area (Å²) in [5.41, 5.74) is 0.787. The third-order valence-corrected chi connectivity index (χ3v) is 2.40. The minimum absolute atomic E-state index is 0.210. The number of carbonyl (C=O) groups excluding carboxylic acids is 1. The molecule has 0 unspecified atom stereocenters. The van der Waals surface area contributed by atoms with Crippen LogP contribution in [0.3, 0.4) is 0 Å². The van der Waals surface area contributed by atoms with Crippen LogP contribution in [0.4, 0.5) is 14.5 Å². The highest BCUT2D eigenvalue weighted by atomic mass is 19.3. The van der Waals surface area contributed by atoms with Crippen molar-refractivity contribution < 1.29 is 18.3 Å². The van der Waals surface area contributed by atoms with E-state index in [4.69, 9.17) is 4.74 Å². The van der Waals surface area contributed by atoms with Gasteiger partial charge >= 0.3 is 0 Å². The molecule has 0 heterocycles. The molecule has 1 aromatic carbocycles. The van der Waals surface area contributed by atoms with Gasteiger partial charge in [0.15, 0.2) is 5.78 Å². The van der Waals surface area contributed by atoms with Crippen molar-refractivity contribution in [1.29, 1.82) is 0 Å². The van der Waals surface area contributed by atoms with Crippen molar-refractivity contribution in [3.63, 3.8) is 0 Å². The van der Waals surface area contributed by atoms with E-state index in [0.717, 1.165) is 0 Å². The standard InChI is InChI=1S/C12H15F2NO2/c1-8(16)12-9(15(2)7-11(13)14)5-4-6-10(12)17-3/h4-6,11H,7H2,1-3H3. The molecule has 0 N–H and O–H groups in total. The van der Waals surface area contributed by atoms with Crippen LogP contribution in [-0.4, -0.2) is 32.9 Å². The molecule has 0 saturated carbocycles. The van der Waals surface area contributed by atoms with E-state index in [1.165, 1.54) is 26.0 Å². The largest absolute Gasteiger partial charge is 0.496 e. The normalized spacial score (nSPS) is 10.5. The minimum Gasteiger partial charge on any atom is -0.496 e. The predicted octanol–water partition coefficient (Wildman–Crippen LogP) is 2.60. The molecule has 0 amide bonds. The van der Waals surface area contributed by atoms with Crippen LogP contribution in [0.15, 0.2) is 18.2 Å². The van der Waals surface area contributed by atoms with Gasteiger partial charge < -0.3 is 9.64 Å². The van der Waals surface area contributed by atoms with E-state index in [-0.39, 0.29) is 5.78 Å². The van der Waals surface area contributed by atoms with Crippen molar-refractivity contribution in [1.82, 2.24) is 0 Å². The number of hydrogen-bond acceptors (Lipinski definition) is 3. The summed E-state index contributed by atoms with van der Waals surface area (Å²) in [5, 5.41) is 0. The number of ketones is 1. The molecule has 0 aliphatic rings. The topological polar surface area (TPSA) is 29.5 Å². The number of benzene rings is 1. The summed E-state index contributed by atoms with van der Waals surface area (Å²) in [4.78, 5) is 12.9. The zero-order valence-electron chi connectivity index (χ0n) is 10.0. The number of Topliss-reactive ketones (excluding diaryl/α,β-unsaturated/α-hetero) is 1. The summed E-state index contributed by atoms with van der Waals surface area (Å²) in [6.45, 7) is 0.963. The van der Waals surface area contributed by atoms with Gasteiger partial charge in [-0.3, -0.25) is 4.79 Å². The highest BCUT2D eigenvalue weighted by Gasteiger charge is 2.18. The van der Waals surface area contributed by atoms with E-state index in [0.29, 0.717) is 17.0 Å². The molecule has 0 radical (unpaired) electrons. The molecule has 94 valence electrons. The van der Waals surface area contributed by atoms with E-state index in [2.05, 4.69) is 0 Å². The van der Waals surface area contributed by atoms with Gasteiger partial charge in [-0.05, 0) is 19.1 Å². The Hall–Kier alpha value is -1.65. The molecule has 0 atom stereocenters. The van der Waals surface area contributed by atoms with E-state index in [1.54, 1.807) is 18.2 Å². The van der Waals surface area contributed by atoms with Crippen molar-refractivity contribution in [2.24, 2.45) is 0 Å². The molecule has 0 aliphatic carbocycles. The Kier molecular flexibility index (Phi) is 4.43. The number of rotatable bonds is 5. The monoisotopic (exact) mass is 243 g/mol. The molecule has 0 bridgehead atoms. The fraction of sp³-hybridized carbons (Fsp3) is 0.417. The Labute approximate surface area is 99.0 Å². The summed E-state index contributed by atoms with van der Waals surface area (Å²) in [6.07, 6.45) is -2.45. The quantitative estimate of drug-likeness (QED) is 0.744. The van der Waals surface area contributed by atoms with E-state index < -0.39 is 13.0 Å². The zero-order chi connectivity index (χ0) is 13.0. The molecule has 5 heteroatoms. The van der Waals surface area contributed by atoms with Crippen LogP contribution in [-0.2, 0) is 0 Å². The number of ether oxygens (including phenoxy) is 1. The molecule has 1 aromatic rings. The molecule has 0 aromatic heterocycles. The summed E-state index contributed by atoms with van der Waals surface area (Å²) >= 11 is 0. The highest BCUT2D eigenvalue weighted by Crippen LogP contribution is 2.29. The minimum atomic E-state index is -2.45. The van der Waals surface area contributed by atoms with Gasteiger partial charge in [0.2, 0.25) is 0 Å². The molecule has 0 aliphatic heterocycles. The first-order chi connectivity index (χ1) is 7.97. The number of anilines is 1. The Morgan fingerprint density at radius 1 is 1.47 bits per heavy atom. The smallest absolute Gasteiger partial charge is 0.255 e. The second-order valence-electron chi connectivity index (χ2n) is 3.68. The second kappa shape index (κ2) is 5.61. The molecule has 0 spiro atoms. The van der Waals surface area contributed by atoms with E-state index >= 15 is 0 Å². The fourth-order valence-corrected chi connectivity index (χ4v) is 1.67. The number of methoxy groups -OCH3 is 1. The predicted molar refractivity (Wildman–Crippen MR) is 62.3 cm³/mol. The van der Waals surface area contributed by atoms with Crippen molar-refractivity contribution in [3.8, 4) is 5.75 Å². The van der Waals surface area contributed by atoms with Crippen molar-refractivity contribution >= 4 is 11.5 Å². The Bertz CT molecular complexity index is 407. The molecule has 1 rings (SSSR count). The Morgan fingerprint density at radius 2 is 2.12 bits per heavy atom. The number of halogens is 2. The zero-order valence-corrected chi connectivity index (χ0v) is 10.0. The van der Waals surface area contributed by atoms with Gasteiger partial charge in [0.05, 0.1) is 24.9 Å². The number of carbonyl (C=O) groups is 1. The van der Waals surface area contributed by atoms with Gasteiger partial charge in [0.25, 0.3) is 6.43 Å². The van der Waals surface area contributed by atoms with Crippen molar-refractivity contribution in [2.75, 3.05) is 25.6 Å².